The lowest BCUT2D eigenvalue weighted by Crippen LogP contribution is -2.24. The first-order valence-corrected chi connectivity index (χ1v) is 6.79. The number of phenolic OH excluding ortho intramolecular Hbond substituents is 1. The molecule has 3 rings (SSSR count). The highest BCUT2D eigenvalue weighted by Crippen LogP contribution is 2.41. The molecule has 2 N–H and O–H groups in total. The maximum atomic E-state index is 13.7. The van der Waals surface area contributed by atoms with E-state index < -0.39 is 23.0 Å². The average molecular weight is 291 g/mol. The van der Waals surface area contributed by atoms with E-state index in [-0.39, 0.29) is 22.5 Å². The van der Waals surface area contributed by atoms with Crippen LogP contribution in [0.15, 0.2) is 16.9 Å². The van der Waals surface area contributed by atoms with E-state index in [9.17, 15) is 24.2 Å². The molecule has 1 fully saturated rings. The van der Waals surface area contributed by atoms with Gasteiger partial charge in [-0.1, -0.05) is 6.92 Å². The van der Waals surface area contributed by atoms with Crippen molar-refractivity contribution in [2.45, 2.75) is 32.2 Å². The van der Waals surface area contributed by atoms with Crippen LogP contribution in [0.2, 0.25) is 0 Å². The minimum Gasteiger partial charge on any atom is -0.503 e. The topological polar surface area (TPSA) is 79.5 Å². The number of carboxylic acid groups (broad SMARTS) is 1. The summed E-state index contributed by atoms with van der Waals surface area (Å²) in [6.07, 6.45) is 1.96. The van der Waals surface area contributed by atoms with E-state index in [1.54, 1.807) is 11.5 Å². The summed E-state index contributed by atoms with van der Waals surface area (Å²) in [5.74, 6) is -2.71. The van der Waals surface area contributed by atoms with Crippen LogP contribution in [0.4, 0.5) is 4.39 Å². The minimum atomic E-state index is -1.29. The number of phenols is 1. The van der Waals surface area contributed by atoms with Gasteiger partial charge in [0.15, 0.2) is 11.6 Å². The number of carboxylic acids is 1. The van der Waals surface area contributed by atoms with Crippen LogP contribution in [0, 0.1) is 5.82 Å². The van der Waals surface area contributed by atoms with Crippen LogP contribution in [0.1, 0.15) is 41.9 Å². The predicted octanol–water partition coefficient (Wildman–Crippen LogP) is 2.44. The van der Waals surface area contributed by atoms with Crippen LogP contribution in [0.25, 0.3) is 10.9 Å². The van der Waals surface area contributed by atoms with E-state index >= 15 is 0 Å². The normalized spacial score (nSPS) is 14.6. The summed E-state index contributed by atoms with van der Waals surface area (Å²) >= 11 is 0. The third-order valence-corrected chi connectivity index (χ3v) is 3.85. The van der Waals surface area contributed by atoms with Gasteiger partial charge in [0, 0.05) is 11.7 Å². The van der Waals surface area contributed by atoms with Crippen LogP contribution in [-0.2, 0) is 6.42 Å². The molecule has 0 bridgehead atoms. The lowest BCUT2D eigenvalue weighted by molar-refractivity contribution is 0.0693. The Morgan fingerprint density at radius 3 is 2.62 bits per heavy atom. The molecule has 0 spiro atoms. The molecule has 0 radical (unpaired) electrons. The monoisotopic (exact) mass is 291 g/mol. The fourth-order valence-corrected chi connectivity index (χ4v) is 2.81. The van der Waals surface area contributed by atoms with Crippen molar-refractivity contribution in [2.24, 2.45) is 0 Å². The zero-order chi connectivity index (χ0) is 15.3. The Balaban J connectivity index is 2.58. The zero-order valence-electron chi connectivity index (χ0n) is 11.4. The SMILES string of the molecule is CCc1c(C(=O)O)c(=O)c2ccc(F)c(O)c2n1C1CC1. The second-order valence-electron chi connectivity index (χ2n) is 5.20. The molecule has 1 aliphatic rings. The van der Waals surface area contributed by atoms with Gasteiger partial charge in [0.1, 0.15) is 5.56 Å². The first-order chi connectivity index (χ1) is 9.97. The molecule has 0 unspecified atom stereocenters. The number of halogens is 1. The van der Waals surface area contributed by atoms with Gasteiger partial charge in [-0.15, -0.1) is 0 Å². The summed E-state index contributed by atoms with van der Waals surface area (Å²) in [6.45, 7) is 1.74. The Morgan fingerprint density at radius 2 is 2.10 bits per heavy atom. The van der Waals surface area contributed by atoms with E-state index in [1.807, 2.05) is 0 Å². The fourth-order valence-electron chi connectivity index (χ4n) is 2.81. The van der Waals surface area contributed by atoms with E-state index in [0.29, 0.717) is 12.1 Å². The predicted molar refractivity (Wildman–Crippen MR) is 74.4 cm³/mol. The van der Waals surface area contributed by atoms with Crippen LogP contribution in [0.3, 0.4) is 0 Å². The first kappa shape index (κ1) is 13.6. The van der Waals surface area contributed by atoms with Gasteiger partial charge in [-0.2, -0.15) is 0 Å². The summed E-state index contributed by atoms with van der Waals surface area (Å²) in [5, 5.41) is 19.4. The summed E-state index contributed by atoms with van der Waals surface area (Å²) in [6, 6.07) is 2.22. The van der Waals surface area contributed by atoms with Gasteiger partial charge in [0.25, 0.3) is 0 Å². The molecule has 0 aliphatic heterocycles. The molecule has 6 heteroatoms. The van der Waals surface area contributed by atoms with Gasteiger partial charge in [0.05, 0.1) is 10.9 Å². The standard InChI is InChI=1S/C15H14FNO4/c1-2-10-11(15(20)21)13(18)8-5-6-9(16)14(19)12(8)17(10)7-3-4-7/h5-7,19H,2-4H2,1H3,(H,20,21). The maximum Gasteiger partial charge on any atom is 0.341 e. The number of hydrogen-bond acceptors (Lipinski definition) is 3. The Morgan fingerprint density at radius 1 is 1.43 bits per heavy atom. The van der Waals surface area contributed by atoms with Gasteiger partial charge < -0.3 is 14.8 Å². The molecule has 1 aromatic heterocycles. The van der Waals surface area contributed by atoms with Gasteiger partial charge in [-0.25, -0.2) is 9.18 Å². The lowest BCUT2D eigenvalue weighted by Gasteiger charge is -2.18. The smallest absolute Gasteiger partial charge is 0.341 e. The molecule has 5 nitrogen and oxygen atoms in total. The third-order valence-electron chi connectivity index (χ3n) is 3.85. The zero-order valence-corrected chi connectivity index (χ0v) is 11.4. The summed E-state index contributed by atoms with van der Waals surface area (Å²) < 4.78 is 15.3. The molecule has 110 valence electrons. The van der Waals surface area contributed by atoms with Crippen molar-refractivity contribution in [3.05, 3.63) is 39.4 Å². The third kappa shape index (κ3) is 1.90. The second-order valence-corrected chi connectivity index (χ2v) is 5.20. The second kappa shape index (κ2) is 4.58. The maximum absolute atomic E-state index is 13.7. The van der Waals surface area contributed by atoms with E-state index in [1.165, 1.54) is 6.07 Å². The van der Waals surface area contributed by atoms with Crippen molar-refractivity contribution < 1.29 is 19.4 Å². The number of aromatic nitrogens is 1. The lowest BCUT2D eigenvalue weighted by atomic mass is 10.0. The fraction of sp³-hybridized carbons (Fsp3) is 0.333. The number of aromatic hydroxyl groups is 1. The highest BCUT2D eigenvalue weighted by atomic mass is 19.1. The number of pyridine rings is 1. The molecular formula is C15H14FNO4. The highest BCUT2D eigenvalue weighted by Gasteiger charge is 2.32. The molecule has 0 saturated heterocycles. The van der Waals surface area contributed by atoms with Crippen molar-refractivity contribution in [2.75, 3.05) is 0 Å². The van der Waals surface area contributed by atoms with Crippen LogP contribution in [0.5, 0.6) is 5.75 Å². The Hall–Kier alpha value is -2.37. The van der Waals surface area contributed by atoms with Gasteiger partial charge >= 0.3 is 5.97 Å². The highest BCUT2D eigenvalue weighted by molar-refractivity contribution is 5.96. The Kier molecular flexibility index (Phi) is 2.97. The number of fused-ring (bicyclic) bond motifs is 1. The Labute approximate surface area is 119 Å². The molecule has 1 aromatic carbocycles. The van der Waals surface area contributed by atoms with Crippen LogP contribution in [-0.4, -0.2) is 20.7 Å². The minimum absolute atomic E-state index is 0.00819. The van der Waals surface area contributed by atoms with Gasteiger partial charge in [-0.05, 0) is 31.4 Å². The van der Waals surface area contributed by atoms with Crippen molar-refractivity contribution in [3.8, 4) is 5.75 Å². The first-order valence-electron chi connectivity index (χ1n) is 6.79. The largest absolute Gasteiger partial charge is 0.503 e. The number of rotatable bonds is 3. The number of aromatic carboxylic acids is 1. The summed E-state index contributed by atoms with van der Waals surface area (Å²) in [5.41, 5.74) is -0.530. The molecule has 1 saturated carbocycles. The van der Waals surface area contributed by atoms with Crippen LogP contribution >= 0.6 is 0 Å². The molecule has 2 aromatic rings. The Bertz CT molecular complexity index is 821. The number of carbonyl (C=O) groups is 1. The molecule has 0 amide bonds. The van der Waals surface area contributed by atoms with E-state index in [4.69, 9.17) is 0 Å². The van der Waals surface area contributed by atoms with Crippen LogP contribution < -0.4 is 5.43 Å². The van der Waals surface area contributed by atoms with Gasteiger partial charge in [0.2, 0.25) is 5.43 Å². The van der Waals surface area contributed by atoms with Gasteiger partial charge in [-0.3, -0.25) is 4.79 Å². The van der Waals surface area contributed by atoms with Crippen molar-refractivity contribution in [1.82, 2.24) is 4.57 Å². The molecule has 21 heavy (non-hydrogen) atoms. The quantitative estimate of drug-likeness (QED) is 0.910. The molecular weight excluding hydrogens is 277 g/mol. The molecule has 1 aliphatic carbocycles. The summed E-state index contributed by atoms with van der Waals surface area (Å²) in [4.78, 5) is 23.8. The number of benzene rings is 1. The number of nitrogens with zero attached hydrogens (tertiary/aromatic N) is 1. The van der Waals surface area contributed by atoms with Crippen molar-refractivity contribution >= 4 is 16.9 Å². The summed E-state index contributed by atoms with van der Waals surface area (Å²) in [7, 11) is 0. The molecule has 0 atom stereocenters. The van der Waals surface area contributed by atoms with Crippen molar-refractivity contribution in [3.63, 3.8) is 0 Å². The molecule has 1 heterocycles. The van der Waals surface area contributed by atoms with Crippen molar-refractivity contribution in [1.29, 1.82) is 0 Å². The van der Waals surface area contributed by atoms with E-state index in [2.05, 4.69) is 0 Å². The average Bonchev–Trinajstić information content (AvgIpc) is 3.26. The number of hydrogen-bond donors (Lipinski definition) is 2. The van der Waals surface area contributed by atoms with E-state index in [0.717, 1.165) is 18.9 Å².